The third-order valence-electron chi connectivity index (χ3n) is 16.0. The van der Waals surface area contributed by atoms with Gasteiger partial charge in [0.05, 0.1) is 94.8 Å². The number of imidazole rings is 6. The van der Waals surface area contributed by atoms with Crippen LogP contribution in [-0.2, 0) is 13.2 Å². The summed E-state index contributed by atoms with van der Waals surface area (Å²) < 4.78 is 22.0. The van der Waals surface area contributed by atoms with Gasteiger partial charge in [0.25, 0.3) is 0 Å². The number of hydrogen-bond acceptors (Lipinski definition) is 18. The highest BCUT2D eigenvalue weighted by atomic mass is 16.5. The Labute approximate surface area is 608 Å². The molecule has 0 radical (unpaired) electrons. The molecule has 528 valence electrons. The molecule has 8 N–H and O–H groups in total. The molecule has 0 aliphatic carbocycles. The molecule has 18 rings (SSSR count). The number of pyridine rings is 6. The average molecular weight is 1410 g/mol. The van der Waals surface area contributed by atoms with Crippen molar-refractivity contribution in [1.82, 2.24) is 89.7 Å². The van der Waals surface area contributed by atoms with Gasteiger partial charge < -0.3 is 59.1 Å². The quantitative estimate of drug-likeness (QED) is 0.0473. The van der Waals surface area contributed by atoms with Gasteiger partial charge in [-0.1, -0.05) is 60.7 Å². The summed E-state index contributed by atoms with van der Waals surface area (Å²) in [6.07, 6.45) is 10.7. The monoisotopic (exact) mass is 1410 g/mol. The molecule has 18 aromatic rings. The minimum atomic E-state index is 0.0356. The van der Waals surface area contributed by atoms with Gasteiger partial charge in [0, 0.05) is 49.3 Å². The van der Waals surface area contributed by atoms with Gasteiger partial charge in [0.15, 0.2) is 34.9 Å². The molecule has 6 aromatic carbocycles. The number of aromatic nitrogens is 18. The molecule has 24 heteroatoms. The molecular formula is C82H74N18O6. The Morgan fingerprint density at radius 1 is 0.321 bits per heavy atom. The Balaban J connectivity index is 0.000000113. The van der Waals surface area contributed by atoms with Crippen LogP contribution in [0.15, 0.2) is 256 Å². The largest absolute Gasteiger partial charge is 0.494 e. The maximum Gasteiger partial charge on any atom is 0.157 e. The predicted octanol–water partition coefficient (Wildman–Crippen LogP) is 16.3. The highest BCUT2D eigenvalue weighted by molar-refractivity contribution is 5.87. The van der Waals surface area contributed by atoms with Crippen molar-refractivity contribution in [2.45, 2.75) is 47.0 Å². The average Bonchev–Trinajstić information content (AvgIpc) is 1.48. The topological polar surface area (TPSA) is 327 Å². The molecule has 12 heterocycles. The number of aromatic amines is 6. The van der Waals surface area contributed by atoms with E-state index in [1.165, 1.54) is 0 Å². The molecule has 106 heavy (non-hydrogen) atoms. The van der Waals surface area contributed by atoms with Crippen LogP contribution in [0.3, 0.4) is 0 Å². The van der Waals surface area contributed by atoms with E-state index >= 15 is 0 Å². The van der Waals surface area contributed by atoms with E-state index in [1.54, 1.807) is 44.3 Å². The van der Waals surface area contributed by atoms with Crippen LogP contribution < -0.4 is 18.9 Å². The van der Waals surface area contributed by atoms with Crippen LogP contribution in [-0.4, -0.2) is 126 Å². The standard InChI is InChI=1S/C15H15N3O.2C14H13N3O.3C13H11N3O/c1-10(2)19-11-6-7-12-14(9-11)18-15(17-12)13-5-3-4-8-16-13;1-2-18-12-8-5-7-10-13(12)17-14(16-10)11-6-3-4-9-15-11;1-2-18-10-6-7-11-13(9-10)17-14(16-11)12-5-3-4-8-15-12;1-17-11-7-4-6-9-12(11)16-13(15-9)10-5-2-3-8-14-10;2*17-8-9-4-5-10-12(7-9)16-13(15-10)11-3-1-2-6-14-11/h3-10H,1-2H3,(H,17,18);2*3-9H,2H2,1H3,(H,16,17);2-8H,1H3,(H,15,16);2*1-7,17H,8H2,(H,15,16). The zero-order valence-corrected chi connectivity index (χ0v) is 58.5. The molecule has 0 bridgehead atoms. The Morgan fingerprint density at radius 2 is 0.642 bits per heavy atom. The number of nitrogens with zero attached hydrogens (tertiary/aromatic N) is 12. The third kappa shape index (κ3) is 17.5. The van der Waals surface area contributed by atoms with Crippen molar-refractivity contribution in [3.8, 4) is 92.1 Å². The number of aliphatic hydroxyl groups is 2. The summed E-state index contributed by atoms with van der Waals surface area (Å²) in [7, 11) is 1.64. The van der Waals surface area contributed by atoms with Crippen molar-refractivity contribution < 1.29 is 29.2 Å². The lowest BCUT2D eigenvalue weighted by Crippen LogP contribution is -2.05. The second kappa shape index (κ2) is 34.2. The first-order valence-corrected chi connectivity index (χ1v) is 34.2. The summed E-state index contributed by atoms with van der Waals surface area (Å²) in [5.74, 6) is 7.82. The Bertz CT molecular complexity index is 5680. The lowest BCUT2D eigenvalue weighted by Gasteiger charge is -2.08. The fraction of sp³-hybridized carbons (Fsp3) is 0.122. The fourth-order valence-electron chi connectivity index (χ4n) is 11.1. The highest BCUT2D eigenvalue weighted by Gasteiger charge is 2.14. The normalized spacial score (nSPS) is 10.8. The summed E-state index contributed by atoms with van der Waals surface area (Å²) in [6.45, 7) is 9.31. The molecule has 0 spiro atoms. The lowest BCUT2D eigenvalue weighted by molar-refractivity contribution is 0.242. The smallest absolute Gasteiger partial charge is 0.157 e. The zero-order chi connectivity index (χ0) is 73.0. The molecule has 0 saturated heterocycles. The third-order valence-corrected chi connectivity index (χ3v) is 16.0. The first kappa shape index (κ1) is 70.6. The van der Waals surface area contributed by atoms with Crippen molar-refractivity contribution in [3.63, 3.8) is 0 Å². The predicted molar refractivity (Wildman–Crippen MR) is 412 cm³/mol. The van der Waals surface area contributed by atoms with Crippen LogP contribution in [0, 0.1) is 0 Å². The van der Waals surface area contributed by atoms with E-state index in [4.69, 9.17) is 29.2 Å². The summed E-state index contributed by atoms with van der Waals surface area (Å²) in [5.41, 5.74) is 17.6. The van der Waals surface area contributed by atoms with Gasteiger partial charge in [-0.25, -0.2) is 29.9 Å². The molecule has 24 nitrogen and oxygen atoms in total. The van der Waals surface area contributed by atoms with Gasteiger partial charge in [-0.15, -0.1) is 0 Å². The molecule has 0 atom stereocenters. The molecule has 0 aliphatic heterocycles. The van der Waals surface area contributed by atoms with Crippen LogP contribution in [0.25, 0.3) is 135 Å². The van der Waals surface area contributed by atoms with Crippen LogP contribution in [0.2, 0.25) is 0 Å². The second-order valence-electron chi connectivity index (χ2n) is 23.7. The van der Waals surface area contributed by atoms with Crippen molar-refractivity contribution in [1.29, 1.82) is 0 Å². The van der Waals surface area contributed by atoms with E-state index in [0.29, 0.717) is 13.2 Å². The van der Waals surface area contributed by atoms with E-state index in [1.807, 2.05) is 246 Å². The van der Waals surface area contributed by atoms with E-state index in [9.17, 15) is 0 Å². The summed E-state index contributed by atoms with van der Waals surface area (Å²) >= 11 is 0. The Kier molecular flexibility index (Phi) is 22.8. The molecular weight excluding hydrogens is 1330 g/mol. The minimum absolute atomic E-state index is 0.0356. The fourth-order valence-corrected chi connectivity index (χ4v) is 11.1. The first-order chi connectivity index (χ1) is 52.1. The molecule has 0 saturated carbocycles. The van der Waals surface area contributed by atoms with Crippen LogP contribution in [0.1, 0.15) is 38.8 Å². The van der Waals surface area contributed by atoms with Crippen LogP contribution in [0.5, 0.6) is 23.0 Å². The molecule has 12 aromatic heterocycles. The summed E-state index contributed by atoms with van der Waals surface area (Å²) in [4.78, 5) is 72.1. The van der Waals surface area contributed by atoms with E-state index < -0.39 is 0 Å². The number of hydrogen-bond donors (Lipinski definition) is 8. The molecule has 0 aliphatic rings. The van der Waals surface area contributed by atoms with Crippen molar-refractivity contribution in [2.75, 3.05) is 20.3 Å². The van der Waals surface area contributed by atoms with Gasteiger partial charge in [0.2, 0.25) is 0 Å². The number of rotatable bonds is 15. The molecule has 0 unspecified atom stereocenters. The van der Waals surface area contributed by atoms with E-state index in [0.717, 1.165) is 169 Å². The second-order valence-corrected chi connectivity index (χ2v) is 23.7. The summed E-state index contributed by atoms with van der Waals surface area (Å²) in [5, 5.41) is 18.1. The van der Waals surface area contributed by atoms with Gasteiger partial charge >= 0.3 is 0 Å². The van der Waals surface area contributed by atoms with Crippen LogP contribution in [0.4, 0.5) is 0 Å². The van der Waals surface area contributed by atoms with E-state index in [2.05, 4.69) is 89.7 Å². The van der Waals surface area contributed by atoms with Crippen molar-refractivity contribution in [2.24, 2.45) is 0 Å². The van der Waals surface area contributed by atoms with Gasteiger partial charge in [-0.3, -0.25) is 29.9 Å². The number of methoxy groups -OCH3 is 1. The number of ether oxygens (including phenoxy) is 4. The lowest BCUT2D eigenvalue weighted by atomic mass is 10.2. The molecule has 0 fully saturated rings. The SMILES string of the molecule is CC(C)Oc1ccc2nc(-c3ccccn3)[nH]c2c1.CCOc1ccc2nc(-c3ccccn3)[nH]c2c1.CCOc1cccc2[nH]c(-c3ccccn3)nc12.COc1cccc2[nH]c(-c3ccccn3)nc12.OCc1ccc2nc(-c3ccccn3)[nH]c2c1.OCc1ccc2nc(-c3ccccn3)[nH]c2c1. The summed E-state index contributed by atoms with van der Waals surface area (Å²) in [6, 6.07) is 69.1. The van der Waals surface area contributed by atoms with Gasteiger partial charge in [0.1, 0.15) is 68.2 Å². The maximum atomic E-state index is 9.07. The zero-order valence-electron chi connectivity index (χ0n) is 58.5. The van der Waals surface area contributed by atoms with Crippen molar-refractivity contribution in [3.05, 3.63) is 267 Å². The Hall–Kier alpha value is -13.8. The minimum Gasteiger partial charge on any atom is -0.494 e. The van der Waals surface area contributed by atoms with Crippen LogP contribution >= 0.6 is 0 Å². The number of benzene rings is 6. The van der Waals surface area contributed by atoms with Crippen molar-refractivity contribution >= 4 is 66.2 Å². The number of nitrogens with one attached hydrogen (secondary N) is 6. The van der Waals surface area contributed by atoms with Gasteiger partial charge in [-0.2, -0.15) is 0 Å². The molecule has 0 amide bonds. The number of fused-ring (bicyclic) bond motifs is 6. The Morgan fingerprint density at radius 3 is 0.981 bits per heavy atom. The van der Waals surface area contributed by atoms with E-state index in [-0.39, 0.29) is 19.3 Å². The maximum absolute atomic E-state index is 9.07. The number of para-hydroxylation sites is 2. The van der Waals surface area contributed by atoms with Gasteiger partial charge in [-0.05, 0) is 184 Å². The number of aliphatic hydroxyl groups excluding tert-OH is 2. The highest BCUT2D eigenvalue weighted by Crippen LogP contribution is 2.30. The number of H-pyrrole nitrogens is 6. The first-order valence-electron chi connectivity index (χ1n) is 34.2.